The molecular formula is C29H49N. The number of pyridine rings is 1. The molecule has 0 amide bonds. The second kappa shape index (κ2) is 13.5. The van der Waals surface area contributed by atoms with Gasteiger partial charge in [0.25, 0.3) is 0 Å². The summed E-state index contributed by atoms with van der Waals surface area (Å²) < 4.78 is 0. The molecule has 1 nitrogen and oxygen atoms in total. The summed E-state index contributed by atoms with van der Waals surface area (Å²) in [6.45, 7) is 4.60. The largest absolute Gasteiger partial charge is 0.261 e. The summed E-state index contributed by atoms with van der Waals surface area (Å²) in [4.78, 5) is 4.89. The summed E-state index contributed by atoms with van der Waals surface area (Å²) in [5, 5.41) is 0. The van der Waals surface area contributed by atoms with Gasteiger partial charge in [0.15, 0.2) is 0 Å². The van der Waals surface area contributed by atoms with Crippen molar-refractivity contribution < 1.29 is 0 Å². The van der Waals surface area contributed by atoms with Crippen LogP contribution in [0, 0.1) is 17.8 Å². The van der Waals surface area contributed by atoms with Crippen LogP contribution in [0.3, 0.4) is 0 Å². The van der Waals surface area contributed by atoms with Crippen molar-refractivity contribution in [3.63, 3.8) is 0 Å². The monoisotopic (exact) mass is 411 g/mol. The number of unbranched alkanes of at least 4 members (excludes halogenated alkanes) is 6. The predicted molar refractivity (Wildman–Crippen MR) is 131 cm³/mol. The molecule has 2 saturated carbocycles. The minimum Gasteiger partial charge on any atom is -0.261 e. The normalized spacial score (nSPS) is 27.3. The molecule has 1 aromatic rings. The van der Waals surface area contributed by atoms with Crippen LogP contribution in [-0.4, -0.2) is 4.98 Å². The van der Waals surface area contributed by atoms with E-state index in [9.17, 15) is 0 Å². The molecule has 0 aromatic carbocycles. The molecule has 0 atom stereocenters. The Balaban J connectivity index is 1.34. The summed E-state index contributed by atoms with van der Waals surface area (Å²) in [6, 6.07) is 4.71. The summed E-state index contributed by atoms with van der Waals surface area (Å²) in [7, 11) is 0. The van der Waals surface area contributed by atoms with E-state index in [0.717, 1.165) is 23.7 Å². The van der Waals surface area contributed by atoms with Gasteiger partial charge in [-0.1, -0.05) is 84.1 Å². The number of aromatic nitrogens is 1. The zero-order valence-corrected chi connectivity index (χ0v) is 20.2. The predicted octanol–water partition coefficient (Wildman–Crippen LogP) is 9.25. The van der Waals surface area contributed by atoms with Crippen molar-refractivity contribution in [2.24, 2.45) is 17.8 Å². The molecule has 1 heterocycles. The van der Waals surface area contributed by atoms with E-state index >= 15 is 0 Å². The third-order valence-electron chi connectivity index (χ3n) is 8.38. The standard InChI is InChI=1S/C29H49N/c1-3-5-7-9-11-24-13-16-26(17-14-24)27-18-20-28(21-19-27)29-22-15-25(23-30-29)12-10-8-6-4-2/h15,22-24,26-28H,3-14,16-21H2,1-2H3/t24-,26-,27-,28-. The topological polar surface area (TPSA) is 12.9 Å². The van der Waals surface area contributed by atoms with Crippen molar-refractivity contribution in [1.82, 2.24) is 4.98 Å². The Bertz CT molecular complexity index is 546. The first kappa shape index (κ1) is 23.8. The third kappa shape index (κ3) is 7.69. The lowest BCUT2D eigenvalue weighted by Gasteiger charge is -2.38. The maximum atomic E-state index is 4.89. The minimum absolute atomic E-state index is 0.727. The SMILES string of the molecule is CCCCCCc1ccc([C@H]2CC[C@H]([C@H]3CC[C@H](CCCCCC)CC3)CC2)nc1. The van der Waals surface area contributed by atoms with Crippen LogP contribution >= 0.6 is 0 Å². The molecule has 2 aliphatic rings. The van der Waals surface area contributed by atoms with E-state index < -0.39 is 0 Å². The maximum Gasteiger partial charge on any atom is 0.0434 e. The molecule has 1 heteroatoms. The van der Waals surface area contributed by atoms with Gasteiger partial charge in [0.2, 0.25) is 0 Å². The fourth-order valence-electron chi connectivity index (χ4n) is 6.28. The highest BCUT2D eigenvalue weighted by Gasteiger charge is 2.31. The second-order valence-electron chi connectivity index (χ2n) is 10.6. The van der Waals surface area contributed by atoms with Gasteiger partial charge in [0.05, 0.1) is 0 Å². The molecular weight excluding hydrogens is 362 g/mol. The van der Waals surface area contributed by atoms with Crippen molar-refractivity contribution in [3.05, 3.63) is 29.6 Å². The molecule has 170 valence electrons. The molecule has 1 aromatic heterocycles. The molecule has 0 spiro atoms. The molecule has 0 bridgehead atoms. The van der Waals surface area contributed by atoms with Crippen LogP contribution in [0.25, 0.3) is 0 Å². The van der Waals surface area contributed by atoms with Crippen LogP contribution in [0.15, 0.2) is 18.3 Å². The number of rotatable bonds is 12. The molecule has 2 aliphatic carbocycles. The zero-order chi connectivity index (χ0) is 21.0. The van der Waals surface area contributed by atoms with Crippen molar-refractivity contribution in [2.45, 2.75) is 135 Å². The number of hydrogen-bond acceptors (Lipinski definition) is 1. The lowest BCUT2D eigenvalue weighted by atomic mass is 9.68. The maximum absolute atomic E-state index is 4.89. The van der Waals surface area contributed by atoms with Crippen LogP contribution in [0.4, 0.5) is 0 Å². The fourth-order valence-corrected chi connectivity index (χ4v) is 6.28. The number of hydrogen-bond donors (Lipinski definition) is 0. The van der Waals surface area contributed by atoms with E-state index in [1.165, 1.54) is 127 Å². The number of aryl methyl sites for hydroxylation is 1. The van der Waals surface area contributed by atoms with Crippen LogP contribution in [0.5, 0.6) is 0 Å². The van der Waals surface area contributed by atoms with E-state index in [1.54, 1.807) is 0 Å². The lowest BCUT2D eigenvalue weighted by molar-refractivity contribution is 0.155. The smallest absolute Gasteiger partial charge is 0.0434 e. The third-order valence-corrected chi connectivity index (χ3v) is 8.38. The summed E-state index contributed by atoms with van der Waals surface area (Å²) >= 11 is 0. The van der Waals surface area contributed by atoms with Gasteiger partial charge >= 0.3 is 0 Å². The van der Waals surface area contributed by atoms with Gasteiger partial charge in [-0.15, -0.1) is 0 Å². The van der Waals surface area contributed by atoms with Gasteiger partial charge in [0.1, 0.15) is 0 Å². The average Bonchev–Trinajstić information content (AvgIpc) is 2.81. The molecule has 0 radical (unpaired) electrons. The number of nitrogens with zero attached hydrogens (tertiary/aromatic N) is 1. The highest BCUT2D eigenvalue weighted by Crippen LogP contribution is 2.44. The Labute approximate surface area is 187 Å². The van der Waals surface area contributed by atoms with Crippen molar-refractivity contribution >= 4 is 0 Å². The summed E-state index contributed by atoms with van der Waals surface area (Å²) in [5.41, 5.74) is 2.82. The van der Waals surface area contributed by atoms with Crippen LogP contribution in [0.2, 0.25) is 0 Å². The highest BCUT2D eigenvalue weighted by molar-refractivity contribution is 5.17. The molecule has 0 N–H and O–H groups in total. The highest BCUT2D eigenvalue weighted by atomic mass is 14.7. The van der Waals surface area contributed by atoms with Crippen molar-refractivity contribution in [2.75, 3.05) is 0 Å². The Kier molecular flexibility index (Phi) is 10.7. The fraction of sp³-hybridized carbons (Fsp3) is 0.828. The summed E-state index contributed by atoms with van der Waals surface area (Å²) in [6.07, 6.45) is 27.8. The van der Waals surface area contributed by atoms with Gasteiger partial charge < -0.3 is 0 Å². The molecule has 3 rings (SSSR count). The molecule has 0 aliphatic heterocycles. The molecule has 2 fully saturated rings. The van der Waals surface area contributed by atoms with Gasteiger partial charge in [-0.25, -0.2) is 0 Å². The molecule has 0 saturated heterocycles. The van der Waals surface area contributed by atoms with Crippen LogP contribution in [0.1, 0.15) is 140 Å². The summed E-state index contributed by atoms with van der Waals surface area (Å²) in [5.74, 6) is 3.83. The van der Waals surface area contributed by atoms with Gasteiger partial charge in [0, 0.05) is 17.8 Å². The Morgan fingerprint density at radius 3 is 1.93 bits per heavy atom. The Morgan fingerprint density at radius 1 is 0.700 bits per heavy atom. The minimum atomic E-state index is 0.727. The molecule has 30 heavy (non-hydrogen) atoms. The Morgan fingerprint density at radius 2 is 1.33 bits per heavy atom. The van der Waals surface area contributed by atoms with Gasteiger partial charge in [-0.3, -0.25) is 4.98 Å². The first-order chi connectivity index (χ1) is 14.8. The quantitative estimate of drug-likeness (QED) is 0.312. The van der Waals surface area contributed by atoms with Gasteiger partial charge in [-0.05, 0) is 80.8 Å². The first-order valence-corrected chi connectivity index (χ1v) is 13.7. The van der Waals surface area contributed by atoms with Crippen LogP contribution < -0.4 is 0 Å². The van der Waals surface area contributed by atoms with E-state index in [2.05, 4.69) is 32.2 Å². The van der Waals surface area contributed by atoms with E-state index in [0.29, 0.717) is 0 Å². The van der Waals surface area contributed by atoms with Crippen LogP contribution in [-0.2, 0) is 6.42 Å². The first-order valence-electron chi connectivity index (χ1n) is 13.7. The van der Waals surface area contributed by atoms with Gasteiger partial charge in [-0.2, -0.15) is 0 Å². The van der Waals surface area contributed by atoms with E-state index in [4.69, 9.17) is 4.98 Å². The van der Waals surface area contributed by atoms with Crippen molar-refractivity contribution in [3.8, 4) is 0 Å². The zero-order valence-electron chi connectivity index (χ0n) is 20.2. The van der Waals surface area contributed by atoms with E-state index in [1.807, 2.05) is 0 Å². The second-order valence-corrected chi connectivity index (χ2v) is 10.6. The molecule has 0 unspecified atom stereocenters. The van der Waals surface area contributed by atoms with E-state index in [-0.39, 0.29) is 0 Å². The lowest BCUT2D eigenvalue weighted by Crippen LogP contribution is -2.25. The average molecular weight is 412 g/mol. The Hall–Kier alpha value is -0.850. The van der Waals surface area contributed by atoms with Crippen molar-refractivity contribution in [1.29, 1.82) is 0 Å².